The van der Waals surface area contributed by atoms with Crippen molar-refractivity contribution in [1.29, 1.82) is 0 Å². The maximum absolute atomic E-state index is 11.6. The van der Waals surface area contributed by atoms with Crippen molar-refractivity contribution in [2.45, 2.75) is 63.1 Å². The number of alkyl halides is 1. The van der Waals surface area contributed by atoms with E-state index < -0.39 is 11.6 Å². The van der Waals surface area contributed by atoms with E-state index in [4.69, 9.17) is 26.8 Å². The first-order valence-corrected chi connectivity index (χ1v) is 23.3. The number of nitrogens with one attached hydrogen (secondary N) is 4. The largest absolute Gasteiger partial charge is 0.481 e. The highest BCUT2D eigenvalue weighted by molar-refractivity contribution is 9.11. The summed E-state index contributed by atoms with van der Waals surface area (Å²) in [5.74, 6) is 0.809. The van der Waals surface area contributed by atoms with Gasteiger partial charge in [0.25, 0.3) is 0 Å². The van der Waals surface area contributed by atoms with Crippen LogP contribution in [0.3, 0.4) is 0 Å². The first kappa shape index (κ1) is 50.7. The van der Waals surface area contributed by atoms with Gasteiger partial charge in [-0.25, -0.2) is 9.97 Å². The highest BCUT2D eigenvalue weighted by atomic mass is 79.9. The van der Waals surface area contributed by atoms with Crippen LogP contribution >= 0.6 is 99.5 Å². The molecular formula is C38H41Br4N9O6S3. The summed E-state index contributed by atoms with van der Waals surface area (Å²) in [6.07, 6.45) is 0. The third-order valence-corrected chi connectivity index (χ3v) is 10.1. The average molecular weight is 1140 g/mol. The number of rotatable bonds is 10. The smallest absolute Gasteiger partial charge is 0.317 e. The van der Waals surface area contributed by atoms with Crippen LogP contribution in [0.2, 0.25) is 0 Å². The molecule has 0 amide bonds. The van der Waals surface area contributed by atoms with Gasteiger partial charge in [0.15, 0.2) is 17.5 Å². The second-order valence-corrected chi connectivity index (χ2v) is 19.3. The van der Waals surface area contributed by atoms with Gasteiger partial charge in [-0.1, -0.05) is 124 Å². The number of aromatic nitrogens is 9. The summed E-state index contributed by atoms with van der Waals surface area (Å²) in [4.78, 5) is 45.3. The van der Waals surface area contributed by atoms with Crippen LogP contribution in [0.5, 0.6) is 0 Å². The minimum Gasteiger partial charge on any atom is -0.481 e. The van der Waals surface area contributed by atoms with Crippen molar-refractivity contribution in [2.24, 2.45) is 0 Å². The molecule has 3 aromatic carbocycles. The van der Waals surface area contributed by atoms with Crippen molar-refractivity contribution in [1.82, 2.24) is 45.5 Å². The van der Waals surface area contributed by atoms with Crippen LogP contribution in [-0.4, -0.2) is 96.6 Å². The molecule has 0 spiro atoms. The summed E-state index contributed by atoms with van der Waals surface area (Å²) in [5, 5.41) is 29.1. The number of H-pyrrole nitrogens is 4. The molecule has 0 fully saturated rings. The zero-order valence-corrected chi connectivity index (χ0v) is 41.8. The molecule has 3 aromatic heterocycles. The van der Waals surface area contributed by atoms with Crippen LogP contribution in [0.25, 0.3) is 34.2 Å². The Bertz CT molecular complexity index is 2380. The molecule has 0 radical (unpaired) electrons. The lowest BCUT2D eigenvalue weighted by Gasteiger charge is -2.18. The second-order valence-electron chi connectivity index (χ2n) is 13.8. The molecule has 0 aliphatic heterocycles. The topological polar surface area (TPSA) is 218 Å². The Morgan fingerprint density at radius 2 is 1.07 bits per heavy atom. The Morgan fingerprint density at radius 1 is 0.650 bits per heavy atom. The molecule has 15 nitrogen and oxygen atoms in total. The van der Waals surface area contributed by atoms with E-state index in [1.165, 1.54) is 11.8 Å². The lowest BCUT2D eigenvalue weighted by Crippen LogP contribution is -2.24. The zero-order chi connectivity index (χ0) is 44.5. The van der Waals surface area contributed by atoms with Crippen molar-refractivity contribution < 1.29 is 29.0 Å². The van der Waals surface area contributed by atoms with E-state index in [1.807, 2.05) is 114 Å². The van der Waals surface area contributed by atoms with Crippen LogP contribution in [0.15, 0.2) is 96.5 Å². The predicted molar refractivity (Wildman–Crippen MR) is 251 cm³/mol. The van der Waals surface area contributed by atoms with E-state index in [9.17, 15) is 14.4 Å². The normalized spacial score (nSPS) is 10.8. The molecule has 5 N–H and O–H groups in total. The first-order chi connectivity index (χ1) is 28.2. The van der Waals surface area contributed by atoms with Gasteiger partial charge in [-0.2, -0.15) is 4.98 Å². The van der Waals surface area contributed by atoms with Crippen LogP contribution in [-0.2, 0) is 23.9 Å². The van der Waals surface area contributed by atoms with Gasteiger partial charge in [0.2, 0.25) is 15.1 Å². The molecule has 0 unspecified atom stereocenters. The van der Waals surface area contributed by atoms with E-state index in [0.29, 0.717) is 26.7 Å². The average Bonchev–Trinajstić information content (AvgIpc) is 3.95. The molecule has 320 valence electrons. The summed E-state index contributed by atoms with van der Waals surface area (Å²) in [6.45, 7) is 11.0. The van der Waals surface area contributed by atoms with E-state index in [1.54, 1.807) is 0 Å². The fourth-order valence-corrected chi connectivity index (χ4v) is 6.73. The van der Waals surface area contributed by atoms with Crippen molar-refractivity contribution in [3.05, 3.63) is 91.0 Å². The molecule has 3 heterocycles. The van der Waals surface area contributed by atoms with Crippen LogP contribution < -0.4 is 0 Å². The van der Waals surface area contributed by atoms with Crippen molar-refractivity contribution in [3.63, 3.8) is 0 Å². The molecule has 0 aliphatic rings. The van der Waals surface area contributed by atoms with E-state index in [-0.39, 0.29) is 34.4 Å². The Hall–Kier alpha value is -3.67. The number of hydrogen-bond acceptors (Lipinski definition) is 13. The molecule has 6 rings (SSSR count). The van der Waals surface area contributed by atoms with Gasteiger partial charge in [0.1, 0.15) is 16.5 Å². The van der Waals surface area contributed by atoms with Crippen LogP contribution in [0, 0.1) is 4.77 Å². The fraction of sp³-hybridized carbons (Fsp3) is 0.289. The molecule has 0 atom stereocenters. The minimum absolute atomic E-state index is 0.0459. The Kier molecular flexibility index (Phi) is 20.9. The monoisotopic (exact) mass is 1130 g/mol. The SMILES string of the molecule is CC(C)(C)OC(=O)CBr.CC(C)(C)OC(=O)CSc1n[nH]c(-c2cccc(Br)c2)n1.O=C(O)CSc1n[nH]c(-c2cccc(Br)c2)n1.S=c1nc(-c2cccc(Br)c2)[nH][nH]1. The second kappa shape index (κ2) is 24.7. The molecule has 0 aliphatic carbocycles. The van der Waals surface area contributed by atoms with Gasteiger partial charge in [-0.15, -0.1) is 10.2 Å². The number of carboxylic acids is 1. The third kappa shape index (κ3) is 20.3. The summed E-state index contributed by atoms with van der Waals surface area (Å²) in [6, 6.07) is 23.2. The maximum atomic E-state index is 11.6. The molecule has 6 aromatic rings. The molecule has 0 saturated carbocycles. The fourth-order valence-electron chi connectivity index (χ4n) is 4.18. The number of carboxylic acid groups (broad SMARTS) is 1. The first-order valence-electron chi connectivity index (χ1n) is 17.4. The number of esters is 2. The van der Waals surface area contributed by atoms with Crippen molar-refractivity contribution >= 4 is 117 Å². The number of hydrogen-bond donors (Lipinski definition) is 5. The number of nitrogens with zero attached hydrogens (tertiary/aromatic N) is 5. The lowest BCUT2D eigenvalue weighted by atomic mass is 10.2. The number of aromatic amines is 4. The highest BCUT2D eigenvalue weighted by Gasteiger charge is 2.18. The van der Waals surface area contributed by atoms with Crippen molar-refractivity contribution in [3.8, 4) is 34.2 Å². The van der Waals surface area contributed by atoms with Crippen LogP contribution in [0.1, 0.15) is 41.5 Å². The Labute approximate surface area is 393 Å². The number of ether oxygens (including phenoxy) is 2. The quantitative estimate of drug-likeness (QED) is 0.0373. The summed E-state index contributed by atoms with van der Waals surface area (Å²) in [5.41, 5.74) is 2.00. The zero-order valence-electron chi connectivity index (χ0n) is 33.0. The molecular weight excluding hydrogens is 1090 g/mol. The van der Waals surface area contributed by atoms with Crippen molar-refractivity contribution in [2.75, 3.05) is 16.8 Å². The molecule has 60 heavy (non-hydrogen) atoms. The molecule has 0 saturated heterocycles. The molecule has 0 bridgehead atoms. The van der Waals surface area contributed by atoms with Gasteiger partial charge in [-0.3, -0.25) is 34.8 Å². The number of aliphatic carboxylic acids is 1. The predicted octanol–water partition coefficient (Wildman–Crippen LogP) is 10.7. The minimum atomic E-state index is -0.885. The number of benzene rings is 3. The standard InChI is InChI=1S/C14H16BrN3O2S.C10H8BrN3O2S.C8H6BrN3S.C6H11BrO2/c1-14(2,3)20-11(19)8-21-13-16-12(17-18-13)9-5-4-6-10(15)7-9;11-7-3-1-2-6(4-7)9-12-10(14-13-9)17-5-8(15)16;9-6-3-1-2-5(4-6)7-10-8(13)12-11-7;1-6(2,3)9-5(8)4-7/h4-7H,8H2,1-3H3,(H,16,17,18);1-4H,5H2,(H,15,16)(H,12,13,14);1-4H,(H2,10,11,12,13);4H2,1-3H3. The van der Waals surface area contributed by atoms with Gasteiger partial charge < -0.3 is 14.6 Å². The summed E-state index contributed by atoms with van der Waals surface area (Å²) >= 11 is 20.4. The summed E-state index contributed by atoms with van der Waals surface area (Å²) < 4.78 is 13.5. The van der Waals surface area contributed by atoms with Gasteiger partial charge in [-0.05, 0) is 90.2 Å². The van der Waals surface area contributed by atoms with E-state index in [2.05, 4.69) is 109 Å². The Balaban J connectivity index is 0.000000223. The van der Waals surface area contributed by atoms with Gasteiger partial charge >= 0.3 is 17.9 Å². The number of carbonyl (C=O) groups is 3. The van der Waals surface area contributed by atoms with E-state index in [0.717, 1.165) is 47.7 Å². The van der Waals surface area contributed by atoms with Crippen LogP contribution in [0.4, 0.5) is 0 Å². The highest BCUT2D eigenvalue weighted by Crippen LogP contribution is 2.24. The summed E-state index contributed by atoms with van der Waals surface area (Å²) in [7, 11) is 0. The number of thioether (sulfide) groups is 2. The van der Waals surface area contributed by atoms with Gasteiger partial charge in [0, 0.05) is 30.1 Å². The van der Waals surface area contributed by atoms with Gasteiger partial charge in [0.05, 0.1) is 11.5 Å². The number of carbonyl (C=O) groups excluding carboxylic acids is 2. The third-order valence-electron chi connectivity index (χ3n) is 6.32. The maximum Gasteiger partial charge on any atom is 0.317 e. The van der Waals surface area contributed by atoms with E-state index >= 15 is 0 Å². The number of halogens is 4. The Morgan fingerprint density at radius 3 is 1.42 bits per heavy atom. The lowest BCUT2D eigenvalue weighted by molar-refractivity contribution is -0.152. The molecule has 22 heteroatoms.